The molecule has 0 saturated carbocycles. The summed E-state index contributed by atoms with van der Waals surface area (Å²) >= 11 is 6.84. The second kappa shape index (κ2) is 4.68. The van der Waals surface area contributed by atoms with E-state index in [0.29, 0.717) is 5.41 Å². The van der Waals surface area contributed by atoms with E-state index in [2.05, 4.69) is 48.1 Å². The van der Waals surface area contributed by atoms with Crippen LogP contribution in [0.4, 0.5) is 0 Å². The highest BCUT2D eigenvalue weighted by molar-refractivity contribution is 9.13. The Kier molecular flexibility index (Phi) is 3.36. The Morgan fingerprint density at radius 1 is 1.41 bits per heavy atom. The molecule has 94 valence electrons. The van der Waals surface area contributed by atoms with Gasteiger partial charge in [0, 0.05) is 13.1 Å². The maximum Gasteiger partial charge on any atom is 0.183 e. The van der Waals surface area contributed by atoms with Gasteiger partial charge in [-0.2, -0.15) is 0 Å². The number of hydrogen-bond acceptors (Lipinski definition) is 3. The van der Waals surface area contributed by atoms with Gasteiger partial charge < -0.3 is 9.73 Å². The fraction of sp³-hybridized carbons (Fsp3) is 0.667. The summed E-state index contributed by atoms with van der Waals surface area (Å²) < 4.78 is 7.44. The number of likely N-dealkylation sites (tertiary alicyclic amines) is 1. The van der Waals surface area contributed by atoms with Gasteiger partial charge in [0.05, 0.1) is 11.0 Å². The van der Waals surface area contributed by atoms with E-state index < -0.39 is 0 Å². The topological polar surface area (TPSA) is 28.4 Å². The molecule has 0 amide bonds. The lowest BCUT2D eigenvalue weighted by atomic mass is 9.87. The molecule has 17 heavy (non-hydrogen) atoms. The van der Waals surface area contributed by atoms with E-state index in [4.69, 9.17) is 4.42 Å². The predicted molar refractivity (Wildman–Crippen MR) is 73.9 cm³/mol. The smallest absolute Gasteiger partial charge is 0.183 e. The van der Waals surface area contributed by atoms with E-state index in [9.17, 15) is 0 Å². The summed E-state index contributed by atoms with van der Waals surface area (Å²) in [5.41, 5.74) is 0.543. The molecule has 1 aromatic heterocycles. The van der Waals surface area contributed by atoms with Crippen molar-refractivity contribution in [3.8, 4) is 0 Å². The van der Waals surface area contributed by atoms with Crippen LogP contribution in [-0.2, 0) is 6.54 Å². The van der Waals surface area contributed by atoms with Gasteiger partial charge in [0.25, 0.3) is 0 Å². The summed E-state index contributed by atoms with van der Waals surface area (Å²) in [6, 6.07) is 2.06. The minimum absolute atomic E-state index is 0.543. The molecule has 0 aromatic carbocycles. The molecule has 0 aliphatic carbocycles. The van der Waals surface area contributed by atoms with Crippen molar-refractivity contribution < 1.29 is 4.42 Å². The number of hydrogen-bond donors (Lipinski definition) is 1. The average molecular weight is 364 g/mol. The van der Waals surface area contributed by atoms with E-state index in [-0.39, 0.29) is 0 Å². The van der Waals surface area contributed by atoms with Crippen LogP contribution >= 0.6 is 31.9 Å². The largest absolute Gasteiger partial charge is 0.452 e. The molecule has 2 saturated heterocycles. The van der Waals surface area contributed by atoms with Crippen molar-refractivity contribution in [2.24, 2.45) is 5.41 Å². The van der Waals surface area contributed by atoms with Crippen molar-refractivity contribution >= 4 is 31.9 Å². The van der Waals surface area contributed by atoms with Crippen LogP contribution in [0.3, 0.4) is 0 Å². The minimum atomic E-state index is 0.543. The van der Waals surface area contributed by atoms with Crippen LogP contribution in [0.5, 0.6) is 0 Å². The average Bonchev–Trinajstić information content (AvgIpc) is 2.96. The fourth-order valence-electron chi connectivity index (χ4n) is 3.00. The molecule has 1 aromatic rings. The van der Waals surface area contributed by atoms with Gasteiger partial charge in [0.1, 0.15) is 5.76 Å². The summed E-state index contributed by atoms with van der Waals surface area (Å²) in [5, 5.41) is 3.49. The van der Waals surface area contributed by atoms with Crippen molar-refractivity contribution in [2.45, 2.75) is 19.4 Å². The van der Waals surface area contributed by atoms with Gasteiger partial charge in [-0.25, -0.2) is 0 Å². The van der Waals surface area contributed by atoms with Crippen LogP contribution in [0.15, 0.2) is 19.6 Å². The molecule has 5 heteroatoms. The molecule has 1 spiro atoms. The number of nitrogens with one attached hydrogen (secondary N) is 1. The first-order valence-corrected chi connectivity index (χ1v) is 7.62. The number of nitrogens with zero attached hydrogens (tertiary/aromatic N) is 1. The van der Waals surface area contributed by atoms with E-state index in [0.717, 1.165) is 21.4 Å². The second-order valence-corrected chi connectivity index (χ2v) is 6.80. The lowest BCUT2D eigenvalue weighted by Crippen LogP contribution is -2.28. The minimum Gasteiger partial charge on any atom is -0.452 e. The van der Waals surface area contributed by atoms with Crippen LogP contribution in [-0.4, -0.2) is 31.1 Å². The van der Waals surface area contributed by atoms with Gasteiger partial charge in [0.15, 0.2) is 4.67 Å². The molecule has 3 heterocycles. The van der Waals surface area contributed by atoms with Gasteiger partial charge in [0.2, 0.25) is 0 Å². The SMILES string of the molecule is Brc1cc(CN2CCC3(CCNC3)C2)oc1Br. The molecule has 1 atom stereocenters. The Labute approximate surface area is 118 Å². The first kappa shape index (κ1) is 12.2. The third-order valence-corrected chi connectivity index (χ3v) is 5.64. The summed E-state index contributed by atoms with van der Waals surface area (Å²) in [4.78, 5) is 2.50. The zero-order valence-electron chi connectivity index (χ0n) is 9.64. The highest BCUT2D eigenvalue weighted by atomic mass is 79.9. The molecular formula is C12H16Br2N2O. The third-order valence-electron chi connectivity index (χ3n) is 3.93. The maximum absolute atomic E-state index is 5.64. The Bertz CT molecular complexity index is 393. The Morgan fingerprint density at radius 2 is 2.29 bits per heavy atom. The van der Waals surface area contributed by atoms with Crippen LogP contribution < -0.4 is 5.32 Å². The highest BCUT2D eigenvalue weighted by Crippen LogP contribution is 2.37. The number of rotatable bonds is 2. The quantitative estimate of drug-likeness (QED) is 0.875. The van der Waals surface area contributed by atoms with Gasteiger partial charge >= 0.3 is 0 Å². The summed E-state index contributed by atoms with van der Waals surface area (Å²) in [6.45, 7) is 5.69. The predicted octanol–water partition coefficient (Wildman–Crippen LogP) is 2.99. The molecule has 3 nitrogen and oxygen atoms in total. The molecular weight excluding hydrogens is 348 g/mol. The van der Waals surface area contributed by atoms with E-state index in [1.807, 2.05) is 0 Å². The standard InChI is InChI=1S/C12H16Br2N2O/c13-10-5-9(17-11(10)14)6-16-4-2-12(8-16)1-3-15-7-12/h5,15H,1-4,6-8H2. The first-order valence-electron chi connectivity index (χ1n) is 6.04. The Morgan fingerprint density at radius 3 is 2.94 bits per heavy atom. The van der Waals surface area contributed by atoms with Crippen molar-refractivity contribution in [3.63, 3.8) is 0 Å². The van der Waals surface area contributed by atoms with E-state index >= 15 is 0 Å². The van der Waals surface area contributed by atoms with Gasteiger partial charge in [-0.05, 0) is 69.3 Å². The van der Waals surface area contributed by atoms with Gasteiger partial charge in [-0.1, -0.05) is 0 Å². The zero-order chi connectivity index (χ0) is 11.9. The van der Waals surface area contributed by atoms with Crippen LogP contribution in [0.2, 0.25) is 0 Å². The third kappa shape index (κ3) is 2.48. The molecule has 1 N–H and O–H groups in total. The normalized spacial score (nSPS) is 29.5. The lowest BCUT2D eigenvalue weighted by molar-refractivity contribution is 0.250. The number of furan rings is 1. The maximum atomic E-state index is 5.64. The molecule has 2 fully saturated rings. The Balaban J connectivity index is 1.63. The van der Waals surface area contributed by atoms with Crippen molar-refractivity contribution in [2.75, 3.05) is 26.2 Å². The lowest BCUT2D eigenvalue weighted by Gasteiger charge is -2.22. The van der Waals surface area contributed by atoms with Crippen LogP contribution in [0.25, 0.3) is 0 Å². The van der Waals surface area contributed by atoms with E-state index in [1.165, 1.54) is 39.0 Å². The van der Waals surface area contributed by atoms with Crippen molar-refractivity contribution in [1.29, 1.82) is 0 Å². The Hall–Kier alpha value is 0.160. The van der Waals surface area contributed by atoms with Gasteiger partial charge in [-0.15, -0.1) is 0 Å². The zero-order valence-corrected chi connectivity index (χ0v) is 12.8. The fourth-order valence-corrected chi connectivity index (χ4v) is 3.65. The van der Waals surface area contributed by atoms with Gasteiger partial charge in [-0.3, -0.25) is 4.90 Å². The monoisotopic (exact) mass is 362 g/mol. The first-order chi connectivity index (χ1) is 8.17. The molecule has 2 aliphatic heterocycles. The molecule has 0 radical (unpaired) electrons. The molecule has 0 bridgehead atoms. The summed E-state index contributed by atoms with van der Waals surface area (Å²) in [5.74, 6) is 1.03. The number of halogens is 2. The highest BCUT2D eigenvalue weighted by Gasteiger charge is 2.40. The molecule has 1 unspecified atom stereocenters. The summed E-state index contributed by atoms with van der Waals surface area (Å²) in [6.07, 6.45) is 2.65. The van der Waals surface area contributed by atoms with E-state index in [1.54, 1.807) is 0 Å². The van der Waals surface area contributed by atoms with Crippen molar-refractivity contribution in [3.05, 3.63) is 21.0 Å². The summed E-state index contributed by atoms with van der Waals surface area (Å²) in [7, 11) is 0. The second-order valence-electron chi connectivity index (χ2n) is 5.22. The molecule has 2 aliphatic rings. The molecule has 3 rings (SSSR count). The van der Waals surface area contributed by atoms with Crippen molar-refractivity contribution in [1.82, 2.24) is 10.2 Å². The van der Waals surface area contributed by atoms with Crippen LogP contribution in [0.1, 0.15) is 18.6 Å². The van der Waals surface area contributed by atoms with Crippen LogP contribution in [0, 0.1) is 5.41 Å².